The van der Waals surface area contributed by atoms with Gasteiger partial charge in [0.15, 0.2) is 0 Å². The van der Waals surface area contributed by atoms with E-state index in [1.165, 1.54) is 6.26 Å². The van der Waals surface area contributed by atoms with E-state index in [0.29, 0.717) is 29.3 Å². The summed E-state index contributed by atoms with van der Waals surface area (Å²) in [7, 11) is -3.15. The van der Waals surface area contributed by atoms with Crippen molar-refractivity contribution in [1.29, 1.82) is 0 Å². The summed E-state index contributed by atoms with van der Waals surface area (Å²) in [5.41, 5.74) is 9.01. The van der Waals surface area contributed by atoms with E-state index in [-0.39, 0.29) is 6.10 Å². The normalized spacial score (nSPS) is 15.9. The number of pyridine rings is 2. The number of azide groups is 1. The zero-order valence-corrected chi connectivity index (χ0v) is 18.8. The highest BCUT2D eigenvalue weighted by Gasteiger charge is 2.28. The highest BCUT2D eigenvalue weighted by Crippen LogP contribution is 2.38. The molecule has 0 spiro atoms. The average molecular weight is 440 g/mol. The van der Waals surface area contributed by atoms with Crippen molar-refractivity contribution in [2.24, 2.45) is 5.11 Å². The number of fused-ring (bicyclic) bond motifs is 1. The summed E-state index contributed by atoms with van der Waals surface area (Å²) >= 11 is 6.13. The molecule has 2 aromatic heterocycles. The number of nitrogens with zero attached hydrogens (tertiary/aromatic N) is 5. The van der Waals surface area contributed by atoms with Gasteiger partial charge >= 0.3 is 0 Å². The number of sulfone groups is 1. The average Bonchev–Trinajstić information content (AvgIpc) is 2.61. The number of hydrogen-bond acceptors (Lipinski definition) is 6. The minimum atomic E-state index is -3.15. The standard InChI is InChI=1S/C19H26ClN5O3S/c1-6-7-19(4,24-25-21)16-11-23-18(15-10-22-17(20)9-14(15)16)28-12(2)8-13(3)29(5,26)27/h9-13H,6-8H2,1-5H3/t12-,13-,19+/m1/s1. The van der Waals surface area contributed by atoms with Gasteiger partial charge in [-0.2, -0.15) is 0 Å². The number of halogens is 1. The van der Waals surface area contributed by atoms with Crippen molar-refractivity contribution in [3.8, 4) is 5.88 Å². The molecule has 0 aliphatic heterocycles. The summed E-state index contributed by atoms with van der Waals surface area (Å²) in [4.78, 5) is 11.6. The van der Waals surface area contributed by atoms with Gasteiger partial charge in [-0.3, -0.25) is 0 Å². The number of ether oxygens (including phenoxy) is 1. The number of rotatable bonds is 9. The van der Waals surface area contributed by atoms with E-state index in [2.05, 4.69) is 20.0 Å². The number of hydrogen-bond donors (Lipinski definition) is 0. The molecule has 10 heteroatoms. The molecule has 2 aromatic rings. The van der Waals surface area contributed by atoms with Gasteiger partial charge in [0.05, 0.1) is 22.3 Å². The quantitative estimate of drug-likeness (QED) is 0.230. The van der Waals surface area contributed by atoms with Gasteiger partial charge in [-0.05, 0) is 49.7 Å². The number of aromatic nitrogens is 2. The molecule has 8 nitrogen and oxygen atoms in total. The maximum atomic E-state index is 11.7. The molecule has 2 heterocycles. The molecule has 0 unspecified atom stereocenters. The van der Waals surface area contributed by atoms with Crippen LogP contribution >= 0.6 is 11.6 Å². The third kappa shape index (κ3) is 5.50. The Morgan fingerprint density at radius 2 is 2.00 bits per heavy atom. The molecule has 158 valence electrons. The van der Waals surface area contributed by atoms with Crippen molar-refractivity contribution in [2.45, 2.75) is 63.9 Å². The van der Waals surface area contributed by atoms with E-state index in [0.717, 1.165) is 17.4 Å². The summed E-state index contributed by atoms with van der Waals surface area (Å²) in [5, 5.41) is 5.15. The monoisotopic (exact) mass is 439 g/mol. The molecule has 0 aliphatic rings. The van der Waals surface area contributed by atoms with Gasteiger partial charge in [0, 0.05) is 30.0 Å². The molecule has 29 heavy (non-hydrogen) atoms. The lowest BCUT2D eigenvalue weighted by atomic mass is 9.87. The van der Waals surface area contributed by atoms with Crippen molar-refractivity contribution >= 4 is 32.2 Å². The second-order valence-electron chi connectivity index (χ2n) is 7.55. The Hall–Kier alpha value is -2.09. The first-order valence-electron chi connectivity index (χ1n) is 9.38. The Kier molecular flexibility index (Phi) is 7.32. The summed E-state index contributed by atoms with van der Waals surface area (Å²) in [6.07, 6.45) is 5.81. The van der Waals surface area contributed by atoms with Crippen molar-refractivity contribution in [3.63, 3.8) is 0 Å². The van der Waals surface area contributed by atoms with E-state index < -0.39 is 20.6 Å². The Labute approximate surface area is 176 Å². The van der Waals surface area contributed by atoms with Crippen LogP contribution in [0.25, 0.3) is 21.2 Å². The van der Waals surface area contributed by atoms with Crippen LogP contribution in [0.1, 0.15) is 52.5 Å². The molecule has 0 fully saturated rings. The van der Waals surface area contributed by atoms with Crippen LogP contribution in [0.3, 0.4) is 0 Å². The minimum absolute atomic E-state index is 0.300. The highest BCUT2D eigenvalue weighted by atomic mass is 35.5. The van der Waals surface area contributed by atoms with E-state index in [9.17, 15) is 8.42 Å². The molecule has 0 amide bonds. The van der Waals surface area contributed by atoms with Gasteiger partial charge in [0.25, 0.3) is 0 Å². The van der Waals surface area contributed by atoms with Crippen molar-refractivity contribution in [2.75, 3.05) is 6.26 Å². The van der Waals surface area contributed by atoms with Crippen LogP contribution in [-0.2, 0) is 15.4 Å². The van der Waals surface area contributed by atoms with Gasteiger partial charge in [-0.25, -0.2) is 18.4 Å². The Bertz CT molecular complexity index is 1040. The minimum Gasteiger partial charge on any atom is -0.474 e. The van der Waals surface area contributed by atoms with E-state index >= 15 is 0 Å². The van der Waals surface area contributed by atoms with Gasteiger partial charge in [-0.1, -0.05) is 30.1 Å². The lowest BCUT2D eigenvalue weighted by Gasteiger charge is -2.26. The van der Waals surface area contributed by atoms with Gasteiger partial charge in [-0.15, -0.1) is 0 Å². The molecule has 2 rings (SSSR count). The molecule has 0 saturated heterocycles. The first-order valence-corrected chi connectivity index (χ1v) is 11.7. The zero-order chi connectivity index (χ0) is 21.8. The first kappa shape index (κ1) is 23.2. The van der Waals surface area contributed by atoms with Crippen LogP contribution < -0.4 is 4.74 Å². The summed E-state index contributed by atoms with van der Waals surface area (Å²) in [6.45, 7) is 7.32. The third-order valence-corrected chi connectivity index (χ3v) is 6.85. The lowest BCUT2D eigenvalue weighted by Crippen LogP contribution is -2.25. The maximum Gasteiger partial charge on any atom is 0.223 e. The molecular formula is C19H26ClN5O3S. The predicted octanol–water partition coefficient (Wildman–Crippen LogP) is 5.20. The van der Waals surface area contributed by atoms with Crippen molar-refractivity contribution in [1.82, 2.24) is 9.97 Å². The Balaban J connectivity index is 2.52. The molecule has 0 bridgehead atoms. The Morgan fingerprint density at radius 3 is 2.59 bits per heavy atom. The first-order chi connectivity index (χ1) is 13.5. The Morgan fingerprint density at radius 1 is 1.31 bits per heavy atom. The van der Waals surface area contributed by atoms with Gasteiger partial charge < -0.3 is 4.74 Å². The van der Waals surface area contributed by atoms with Crippen LogP contribution in [0, 0.1) is 0 Å². The summed E-state index contributed by atoms with van der Waals surface area (Å²) < 4.78 is 29.4. The fourth-order valence-electron chi connectivity index (χ4n) is 3.31. The predicted molar refractivity (Wildman–Crippen MR) is 115 cm³/mol. The van der Waals surface area contributed by atoms with Crippen LogP contribution in [0.4, 0.5) is 0 Å². The van der Waals surface area contributed by atoms with Crippen molar-refractivity contribution < 1.29 is 13.2 Å². The molecule has 0 saturated carbocycles. The molecule has 0 aromatic carbocycles. The van der Waals surface area contributed by atoms with Crippen LogP contribution in [0.15, 0.2) is 23.6 Å². The van der Waals surface area contributed by atoms with Gasteiger partial charge in [0.2, 0.25) is 5.88 Å². The van der Waals surface area contributed by atoms with E-state index in [1.54, 1.807) is 32.3 Å². The fraction of sp³-hybridized carbons (Fsp3) is 0.579. The van der Waals surface area contributed by atoms with E-state index in [4.69, 9.17) is 21.9 Å². The van der Waals surface area contributed by atoms with E-state index in [1.807, 2.05) is 13.8 Å². The maximum absolute atomic E-state index is 11.7. The van der Waals surface area contributed by atoms with Crippen molar-refractivity contribution in [3.05, 3.63) is 39.6 Å². The molecule has 0 N–H and O–H groups in total. The van der Waals surface area contributed by atoms with Gasteiger partial charge in [0.1, 0.15) is 15.0 Å². The smallest absolute Gasteiger partial charge is 0.223 e. The lowest BCUT2D eigenvalue weighted by molar-refractivity contribution is 0.205. The molecule has 0 aliphatic carbocycles. The largest absolute Gasteiger partial charge is 0.474 e. The summed E-state index contributed by atoms with van der Waals surface area (Å²) in [6, 6.07) is 1.70. The topological polar surface area (TPSA) is 118 Å². The summed E-state index contributed by atoms with van der Waals surface area (Å²) in [5.74, 6) is 0.334. The second kappa shape index (κ2) is 9.15. The van der Waals surface area contributed by atoms with Crippen LogP contribution in [0.2, 0.25) is 5.15 Å². The zero-order valence-electron chi connectivity index (χ0n) is 17.3. The molecule has 3 atom stereocenters. The molecular weight excluding hydrogens is 414 g/mol. The third-order valence-electron chi connectivity index (χ3n) is 4.99. The SMILES string of the molecule is CCC[C@](C)(N=[N+]=[N-])c1cnc(O[C@H](C)C[C@@H](C)S(C)(=O)=O)c2cnc(Cl)cc12. The highest BCUT2D eigenvalue weighted by molar-refractivity contribution is 7.91. The fourth-order valence-corrected chi connectivity index (χ4v) is 4.09. The van der Waals surface area contributed by atoms with Crippen LogP contribution in [0.5, 0.6) is 5.88 Å². The van der Waals surface area contributed by atoms with Crippen LogP contribution in [-0.4, -0.2) is 36.0 Å². The molecule has 0 radical (unpaired) electrons. The second-order valence-corrected chi connectivity index (χ2v) is 10.4.